The molecule has 1 heterocycles. The van der Waals surface area contributed by atoms with Crippen LogP contribution in [0.2, 0.25) is 0 Å². The Labute approximate surface area is 119 Å². The molecule has 1 saturated heterocycles. The minimum absolute atomic E-state index is 0.641. The van der Waals surface area contributed by atoms with Crippen molar-refractivity contribution in [3.05, 3.63) is 33.8 Å². The number of hydrogen-bond acceptors (Lipinski definition) is 2. The summed E-state index contributed by atoms with van der Waals surface area (Å²) in [4.78, 5) is 0. The van der Waals surface area contributed by atoms with E-state index in [4.69, 9.17) is 0 Å². The van der Waals surface area contributed by atoms with Gasteiger partial charge in [0.1, 0.15) is 0 Å². The van der Waals surface area contributed by atoms with Gasteiger partial charge in [0.25, 0.3) is 0 Å². The van der Waals surface area contributed by atoms with E-state index < -0.39 is 0 Å². The molecule has 0 saturated carbocycles. The predicted molar refractivity (Wildman–Crippen MR) is 80.3 cm³/mol. The van der Waals surface area contributed by atoms with Crippen molar-refractivity contribution in [2.45, 2.75) is 58.7 Å². The van der Waals surface area contributed by atoms with Gasteiger partial charge in [0.05, 0.1) is 0 Å². The van der Waals surface area contributed by atoms with Crippen LogP contribution in [0.5, 0.6) is 0 Å². The van der Waals surface area contributed by atoms with Crippen molar-refractivity contribution < 1.29 is 0 Å². The van der Waals surface area contributed by atoms with Gasteiger partial charge in [-0.3, -0.25) is 5.43 Å². The van der Waals surface area contributed by atoms with Gasteiger partial charge >= 0.3 is 0 Å². The summed E-state index contributed by atoms with van der Waals surface area (Å²) in [6, 6.07) is 7.86. The average Bonchev–Trinajstić information content (AvgIpc) is 2.33. The first kappa shape index (κ1) is 14.0. The monoisotopic (exact) mass is 310 g/mol. The molecule has 2 unspecified atom stereocenters. The molecule has 1 aliphatic heterocycles. The minimum Gasteiger partial charge on any atom is -0.250 e. The Morgan fingerprint density at radius 2 is 1.94 bits per heavy atom. The fourth-order valence-electron chi connectivity index (χ4n) is 2.66. The lowest BCUT2D eigenvalue weighted by Crippen LogP contribution is -2.51. The first-order valence-corrected chi connectivity index (χ1v) is 7.64. The Balaban J connectivity index is 1.95. The van der Waals surface area contributed by atoms with Crippen LogP contribution in [0.4, 0.5) is 0 Å². The molecule has 1 aromatic rings. The van der Waals surface area contributed by atoms with Crippen molar-refractivity contribution in [3.8, 4) is 0 Å². The molecule has 2 nitrogen and oxygen atoms in total. The van der Waals surface area contributed by atoms with Gasteiger partial charge in [-0.05, 0) is 50.8 Å². The predicted octanol–water partition coefficient (Wildman–Crippen LogP) is 4.03. The Hall–Kier alpha value is -0.380. The standard InChI is InChI=1S/C15H23BrN2/c1-11-7-8-14(9-15(11)16)10-17-18-12(2)5-4-6-13(18)3/h7-9,12-13,17H,4-6,10H2,1-3H3. The third kappa shape index (κ3) is 3.34. The van der Waals surface area contributed by atoms with Crippen LogP contribution in [-0.2, 0) is 6.54 Å². The lowest BCUT2D eigenvalue weighted by atomic mass is 10.00. The fraction of sp³-hybridized carbons (Fsp3) is 0.600. The van der Waals surface area contributed by atoms with Crippen molar-refractivity contribution in [2.75, 3.05) is 0 Å². The maximum atomic E-state index is 3.60. The maximum absolute atomic E-state index is 3.60. The van der Waals surface area contributed by atoms with E-state index in [-0.39, 0.29) is 0 Å². The second-order valence-electron chi connectivity index (χ2n) is 5.45. The molecule has 3 heteroatoms. The summed E-state index contributed by atoms with van der Waals surface area (Å²) >= 11 is 3.59. The highest BCUT2D eigenvalue weighted by Crippen LogP contribution is 2.21. The van der Waals surface area contributed by atoms with Crippen LogP contribution in [0.3, 0.4) is 0 Å². The highest BCUT2D eigenvalue weighted by atomic mass is 79.9. The van der Waals surface area contributed by atoms with E-state index in [2.05, 4.69) is 65.3 Å². The molecular weight excluding hydrogens is 288 g/mol. The van der Waals surface area contributed by atoms with Gasteiger partial charge in [0, 0.05) is 23.1 Å². The number of aryl methyl sites for hydroxylation is 1. The van der Waals surface area contributed by atoms with E-state index in [1.54, 1.807) is 0 Å². The van der Waals surface area contributed by atoms with Crippen molar-refractivity contribution in [1.29, 1.82) is 0 Å². The molecule has 2 rings (SSSR count). The lowest BCUT2D eigenvalue weighted by molar-refractivity contribution is 0.0435. The Kier molecular flexibility index (Phi) is 4.82. The normalized spacial score (nSPS) is 25.3. The van der Waals surface area contributed by atoms with Gasteiger partial charge in [0.2, 0.25) is 0 Å². The van der Waals surface area contributed by atoms with Gasteiger partial charge in [0.15, 0.2) is 0 Å². The second-order valence-corrected chi connectivity index (χ2v) is 6.31. The zero-order valence-corrected chi connectivity index (χ0v) is 13.1. The molecule has 0 bridgehead atoms. The highest BCUT2D eigenvalue weighted by molar-refractivity contribution is 9.10. The third-order valence-electron chi connectivity index (χ3n) is 3.90. The summed E-state index contributed by atoms with van der Waals surface area (Å²) in [7, 11) is 0. The van der Waals surface area contributed by atoms with Gasteiger partial charge in [-0.25, -0.2) is 5.01 Å². The molecule has 1 fully saturated rings. The first-order chi connectivity index (χ1) is 8.58. The molecule has 1 N–H and O–H groups in total. The average molecular weight is 311 g/mol. The number of piperidine rings is 1. The quantitative estimate of drug-likeness (QED) is 0.907. The summed E-state index contributed by atoms with van der Waals surface area (Å²) in [5.41, 5.74) is 6.22. The number of halogens is 1. The van der Waals surface area contributed by atoms with Crippen LogP contribution >= 0.6 is 15.9 Å². The highest BCUT2D eigenvalue weighted by Gasteiger charge is 2.23. The Morgan fingerprint density at radius 1 is 1.28 bits per heavy atom. The zero-order chi connectivity index (χ0) is 13.1. The number of benzene rings is 1. The summed E-state index contributed by atoms with van der Waals surface area (Å²) in [6.07, 6.45) is 3.96. The zero-order valence-electron chi connectivity index (χ0n) is 11.5. The van der Waals surface area contributed by atoms with E-state index in [0.717, 1.165) is 6.54 Å². The van der Waals surface area contributed by atoms with E-state index in [9.17, 15) is 0 Å². The van der Waals surface area contributed by atoms with Crippen LogP contribution in [0.15, 0.2) is 22.7 Å². The molecule has 18 heavy (non-hydrogen) atoms. The third-order valence-corrected chi connectivity index (χ3v) is 4.75. The fourth-order valence-corrected chi connectivity index (χ4v) is 3.09. The summed E-state index contributed by atoms with van der Waals surface area (Å²) in [5.74, 6) is 0. The number of nitrogens with one attached hydrogen (secondary N) is 1. The topological polar surface area (TPSA) is 15.3 Å². The van der Waals surface area contributed by atoms with Gasteiger partial charge < -0.3 is 0 Å². The summed E-state index contributed by atoms with van der Waals surface area (Å²) in [6.45, 7) is 7.66. The lowest BCUT2D eigenvalue weighted by Gasteiger charge is -2.39. The molecule has 100 valence electrons. The molecule has 0 spiro atoms. The minimum atomic E-state index is 0.641. The molecule has 0 radical (unpaired) electrons. The van der Waals surface area contributed by atoms with E-state index in [0.29, 0.717) is 12.1 Å². The van der Waals surface area contributed by atoms with Gasteiger partial charge in [-0.15, -0.1) is 0 Å². The van der Waals surface area contributed by atoms with Crippen molar-refractivity contribution in [2.24, 2.45) is 0 Å². The molecule has 0 amide bonds. The Morgan fingerprint density at radius 3 is 2.56 bits per heavy atom. The molecule has 1 aliphatic rings. The largest absolute Gasteiger partial charge is 0.250 e. The molecular formula is C15H23BrN2. The van der Waals surface area contributed by atoms with E-state index in [1.165, 1.54) is 34.9 Å². The molecule has 2 atom stereocenters. The number of hydrogen-bond donors (Lipinski definition) is 1. The maximum Gasteiger partial charge on any atom is 0.0354 e. The molecule has 1 aromatic carbocycles. The van der Waals surface area contributed by atoms with Crippen molar-refractivity contribution in [3.63, 3.8) is 0 Å². The smallest absolute Gasteiger partial charge is 0.0354 e. The van der Waals surface area contributed by atoms with Crippen molar-refractivity contribution >= 4 is 15.9 Å². The summed E-state index contributed by atoms with van der Waals surface area (Å²) < 4.78 is 1.20. The van der Waals surface area contributed by atoms with Crippen LogP contribution in [0, 0.1) is 6.92 Å². The summed E-state index contributed by atoms with van der Waals surface area (Å²) in [5, 5.41) is 2.43. The van der Waals surface area contributed by atoms with Gasteiger partial charge in [-0.2, -0.15) is 0 Å². The van der Waals surface area contributed by atoms with Gasteiger partial charge in [-0.1, -0.05) is 34.5 Å². The second kappa shape index (κ2) is 6.18. The number of rotatable bonds is 3. The van der Waals surface area contributed by atoms with Crippen LogP contribution in [0.25, 0.3) is 0 Å². The van der Waals surface area contributed by atoms with Crippen LogP contribution in [-0.4, -0.2) is 17.1 Å². The first-order valence-electron chi connectivity index (χ1n) is 6.85. The van der Waals surface area contributed by atoms with Crippen LogP contribution < -0.4 is 5.43 Å². The van der Waals surface area contributed by atoms with Crippen LogP contribution in [0.1, 0.15) is 44.2 Å². The number of nitrogens with zero attached hydrogens (tertiary/aromatic N) is 1. The SMILES string of the molecule is Cc1ccc(CNN2C(C)CCCC2C)cc1Br. The van der Waals surface area contributed by atoms with E-state index >= 15 is 0 Å². The van der Waals surface area contributed by atoms with Crippen molar-refractivity contribution in [1.82, 2.24) is 10.4 Å². The number of hydrazine groups is 1. The molecule has 0 aromatic heterocycles. The Bertz CT molecular complexity index is 395. The van der Waals surface area contributed by atoms with E-state index in [1.807, 2.05) is 0 Å². The molecule has 0 aliphatic carbocycles.